The molecule has 0 bridgehead atoms. The van der Waals surface area contributed by atoms with E-state index in [0.29, 0.717) is 0 Å². The number of aryl methyl sites for hydroxylation is 2. The van der Waals surface area contributed by atoms with E-state index in [1.807, 2.05) is 13.0 Å². The van der Waals surface area contributed by atoms with E-state index in [1.165, 1.54) is 10.9 Å². The molecule has 0 amide bonds. The molecule has 1 heterocycles. The van der Waals surface area contributed by atoms with Gasteiger partial charge < -0.3 is 0 Å². The fraction of sp³-hybridized carbons (Fsp3) is 0.182. The minimum Gasteiger partial charge on any atom is -0.253 e. The van der Waals surface area contributed by atoms with E-state index >= 15 is 0 Å². The lowest BCUT2D eigenvalue weighted by atomic mass is 10.1. The third-order valence-corrected chi connectivity index (χ3v) is 1.98. The number of hydrogen-bond donors (Lipinski definition) is 0. The van der Waals surface area contributed by atoms with E-state index < -0.39 is 0 Å². The van der Waals surface area contributed by atoms with Crippen LogP contribution in [-0.2, 0) is 0 Å². The number of pyridine rings is 1. The summed E-state index contributed by atoms with van der Waals surface area (Å²) in [6.45, 7) is 4.11. The van der Waals surface area contributed by atoms with Gasteiger partial charge in [0.1, 0.15) is 0 Å². The molecule has 1 aromatic carbocycles. The number of rotatable bonds is 0. The van der Waals surface area contributed by atoms with E-state index in [2.05, 4.69) is 36.2 Å². The van der Waals surface area contributed by atoms with Crippen molar-refractivity contribution in [3.05, 3.63) is 41.6 Å². The van der Waals surface area contributed by atoms with E-state index in [1.54, 1.807) is 0 Å². The Balaban J connectivity index is 0.000000845. The zero-order valence-electron chi connectivity index (χ0n) is 7.74. The maximum Gasteiger partial charge on any atom is 0.0705 e. The second-order valence-electron chi connectivity index (χ2n) is 3.15. The highest BCUT2D eigenvalue weighted by Crippen LogP contribution is 2.13. The summed E-state index contributed by atoms with van der Waals surface area (Å²) in [5, 5.41) is 1.22. The molecule has 0 unspecified atom stereocenters. The summed E-state index contributed by atoms with van der Waals surface area (Å²) in [4.78, 5) is 4.42. The summed E-state index contributed by atoms with van der Waals surface area (Å²) in [5.74, 6) is 0. The highest BCUT2D eigenvalue weighted by Gasteiger charge is 1.94. The zero-order valence-corrected chi connectivity index (χ0v) is 9.46. The molecular weight excluding hydrogens is 226 g/mol. The minimum atomic E-state index is 0. The lowest BCUT2D eigenvalue weighted by Crippen LogP contribution is -1.82. The molecule has 0 fully saturated rings. The van der Waals surface area contributed by atoms with Gasteiger partial charge in [0.2, 0.25) is 0 Å². The van der Waals surface area contributed by atoms with Crippen LogP contribution in [0.1, 0.15) is 11.3 Å². The molecule has 0 aliphatic rings. The molecule has 0 saturated heterocycles. The third kappa shape index (κ3) is 2.07. The van der Waals surface area contributed by atoms with E-state index in [-0.39, 0.29) is 17.0 Å². The molecule has 68 valence electrons. The van der Waals surface area contributed by atoms with Crippen LogP contribution in [0.15, 0.2) is 30.3 Å². The molecule has 1 nitrogen and oxygen atoms in total. The first-order chi connectivity index (χ1) is 5.75. The molecule has 0 saturated carbocycles. The zero-order chi connectivity index (χ0) is 8.55. The topological polar surface area (TPSA) is 12.9 Å². The Bertz CT molecular complexity index is 382. The van der Waals surface area contributed by atoms with Crippen LogP contribution in [-0.4, -0.2) is 4.98 Å². The van der Waals surface area contributed by atoms with E-state index in [4.69, 9.17) is 0 Å². The molecule has 0 N–H and O–H groups in total. The third-order valence-electron chi connectivity index (χ3n) is 1.98. The largest absolute Gasteiger partial charge is 0.253 e. The maximum absolute atomic E-state index is 4.42. The SMILES string of the molecule is Br.Cc1ccc2nc(C)ccc2c1. The van der Waals surface area contributed by atoms with Gasteiger partial charge in [-0.1, -0.05) is 17.7 Å². The van der Waals surface area contributed by atoms with Crippen molar-refractivity contribution in [1.29, 1.82) is 0 Å². The molecule has 0 aliphatic carbocycles. The number of aromatic nitrogens is 1. The van der Waals surface area contributed by atoms with Gasteiger partial charge in [0, 0.05) is 11.1 Å². The number of benzene rings is 1. The van der Waals surface area contributed by atoms with Crippen LogP contribution in [0.5, 0.6) is 0 Å². The average molecular weight is 238 g/mol. The number of halogens is 1. The molecule has 13 heavy (non-hydrogen) atoms. The van der Waals surface area contributed by atoms with E-state index in [0.717, 1.165) is 11.2 Å². The van der Waals surface area contributed by atoms with Crippen molar-refractivity contribution in [1.82, 2.24) is 4.98 Å². The van der Waals surface area contributed by atoms with Gasteiger partial charge in [0.15, 0.2) is 0 Å². The van der Waals surface area contributed by atoms with Crippen molar-refractivity contribution in [2.24, 2.45) is 0 Å². The van der Waals surface area contributed by atoms with Crippen LogP contribution in [0.2, 0.25) is 0 Å². The maximum atomic E-state index is 4.42. The van der Waals surface area contributed by atoms with Gasteiger partial charge in [-0.2, -0.15) is 0 Å². The quantitative estimate of drug-likeness (QED) is 0.685. The predicted molar refractivity (Wildman–Crippen MR) is 61.5 cm³/mol. The van der Waals surface area contributed by atoms with Gasteiger partial charge in [-0.05, 0) is 32.0 Å². The molecule has 2 aromatic rings. The van der Waals surface area contributed by atoms with Crippen LogP contribution < -0.4 is 0 Å². The van der Waals surface area contributed by atoms with Crippen molar-refractivity contribution in [3.8, 4) is 0 Å². The Morgan fingerprint density at radius 3 is 2.54 bits per heavy atom. The number of fused-ring (bicyclic) bond motifs is 1. The molecule has 2 heteroatoms. The summed E-state index contributed by atoms with van der Waals surface area (Å²) >= 11 is 0. The van der Waals surface area contributed by atoms with Crippen LogP contribution in [0.25, 0.3) is 10.9 Å². The first-order valence-electron chi connectivity index (χ1n) is 4.10. The molecule has 2 rings (SSSR count). The standard InChI is InChI=1S/C11H11N.BrH/c1-8-3-6-11-10(7-8)5-4-9(2)12-11;/h3-7H,1-2H3;1H. The summed E-state index contributed by atoms with van der Waals surface area (Å²) in [5.41, 5.74) is 3.44. The first-order valence-corrected chi connectivity index (χ1v) is 4.10. The van der Waals surface area contributed by atoms with Gasteiger partial charge in [-0.15, -0.1) is 17.0 Å². The van der Waals surface area contributed by atoms with Gasteiger partial charge in [0.25, 0.3) is 0 Å². The molecule has 0 atom stereocenters. The van der Waals surface area contributed by atoms with Gasteiger partial charge in [0.05, 0.1) is 5.52 Å². The fourth-order valence-corrected chi connectivity index (χ4v) is 1.35. The average Bonchev–Trinajstić information content (AvgIpc) is 2.05. The lowest BCUT2D eigenvalue weighted by molar-refractivity contribution is 1.25. The van der Waals surface area contributed by atoms with Crippen LogP contribution in [0.3, 0.4) is 0 Å². The number of nitrogens with zero attached hydrogens (tertiary/aromatic N) is 1. The Kier molecular flexibility index (Phi) is 3.04. The van der Waals surface area contributed by atoms with E-state index in [9.17, 15) is 0 Å². The Morgan fingerprint density at radius 2 is 1.77 bits per heavy atom. The van der Waals surface area contributed by atoms with Crippen molar-refractivity contribution in [3.63, 3.8) is 0 Å². The normalized spacial score (nSPS) is 9.69. The van der Waals surface area contributed by atoms with Crippen molar-refractivity contribution >= 4 is 27.9 Å². The molecular formula is C11H12BrN. The Morgan fingerprint density at radius 1 is 1.00 bits per heavy atom. The Labute approximate surface area is 88.6 Å². The molecule has 1 aromatic heterocycles. The van der Waals surface area contributed by atoms with Crippen molar-refractivity contribution in [2.45, 2.75) is 13.8 Å². The Hall–Kier alpha value is -0.890. The second-order valence-corrected chi connectivity index (χ2v) is 3.15. The summed E-state index contributed by atoms with van der Waals surface area (Å²) in [6, 6.07) is 10.5. The van der Waals surface area contributed by atoms with Gasteiger partial charge in [-0.25, -0.2) is 0 Å². The molecule has 0 radical (unpaired) electrons. The lowest BCUT2D eigenvalue weighted by Gasteiger charge is -1.99. The second kappa shape index (κ2) is 3.88. The minimum absolute atomic E-state index is 0. The highest BCUT2D eigenvalue weighted by atomic mass is 79.9. The molecule has 0 aliphatic heterocycles. The smallest absolute Gasteiger partial charge is 0.0705 e. The van der Waals surface area contributed by atoms with Crippen molar-refractivity contribution in [2.75, 3.05) is 0 Å². The summed E-state index contributed by atoms with van der Waals surface area (Å²) in [7, 11) is 0. The fourth-order valence-electron chi connectivity index (χ4n) is 1.35. The predicted octanol–water partition coefficient (Wildman–Crippen LogP) is 3.43. The van der Waals surface area contributed by atoms with Crippen LogP contribution >= 0.6 is 17.0 Å². The summed E-state index contributed by atoms with van der Waals surface area (Å²) in [6.07, 6.45) is 0. The number of hydrogen-bond acceptors (Lipinski definition) is 1. The highest BCUT2D eigenvalue weighted by molar-refractivity contribution is 8.93. The van der Waals surface area contributed by atoms with Gasteiger partial charge >= 0.3 is 0 Å². The van der Waals surface area contributed by atoms with Crippen LogP contribution in [0, 0.1) is 13.8 Å². The van der Waals surface area contributed by atoms with Gasteiger partial charge in [-0.3, -0.25) is 4.98 Å². The first kappa shape index (κ1) is 10.2. The summed E-state index contributed by atoms with van der Waals surface area (Å²) < 4.78 is 0. The van der Waals surface area contributed by atoms with Crippen LogP contribution in [0.4, 0.5) is 0 Å². The monoisotopic (exact) mass is 237 g/mol. The van der Waals surface area contributed by atoms with Crippen molar-refractivity contribution < 1.29 is 0 Å². The molecule has 0 spiro atoms.